The van der Waals surface area contributed by atoms with E-state index in [1.54, 1.807) is 26.5 Å². The Labute approximate surface area is 225 Å². The fourth-order valence-electron chi connectivity index (χ4n) is 5.13. The minimum atomic E-state index is -0.404. The van der Waals surface area contributed by atoms with E-state index in [2.05, 4.69) is 21.3 Å². The Kier molecular flexibility index (Phi) is 6.73. The normalized spacial score (nSPS) is 16.8. The molecule has 3 heterocycles. The van der Waals surface area contributed by atoms with Gasteiger partial charge in [-0.25, -0.2) is 0 Å². The predicted molar refractivity (Wildman–Crippen MR) is 149 cm³/mol. The molecule has 1 fully saturated rings. The van der Waals surface area contributed by atoms with Crippen molar-refractivity contribution in [1.29, 1.82) is 0 Å². The Morgan fingerprint density at radius 3 is 2.53 bits per heavy atom. The second-order valence-corrected chi connectivity index (χ2v) is 9.36. The fraction of sp³-hybridized carbons (Fsp3) is 0.214. The van der Waals surface area contributed by atoms with Crippen molar-refractivity contribution in [2.45, 2.75) is 25.9 Å². The smallest absolute Gasteiger partial charge is 0.271 e. The van der Waals surface area contributed by atoms with Gasteiger partial charge in [0, 0.05) is 41.5 Å². The first-order valence-corrected chi connectivity index (χ1v) is 12.4. The van der Waals surface area contributed by atoms with Gasteiger partial charge in [-0.3, -0.25) is 15.1 Å². The first kappa shape index (κ1) is 25.2. The van der Waals surface area contributed by atoms with E-state index in [-0.39, 0.29) is 17.8 Å². The summed E-state index contributed by atoms with van der Waals surface area (Å²) < 4.78 is 13.1. The summed E-state index contributed by atoms with van der Waals surface area (Å²) in [5, 5.41) is 15.6. The van der Waals surface area contributed by atoms with Crippen molar-refractivity contribution in [3.8, 4) is 17.2 Å². The van der Waals surface area contributed by atoms with Crippen LogP contribution >= 0.6 is 12.2 Å². The molecule has 1 saturated heterocycles. The van der Waals surface area contributed by atoms with Gasteiger partial charge in [-0.2, -0.15) is 0 Å². The van der Waals surface area contributed by atoms with Gasteiger partial charge in [0.2, 0.25) is 0 Å². The summed E-state index contributed by atoms with van der Waals surface area (Å²) in [5.41, 5.74) is 5.13. The van der Waals surface area contributed by atoms with Crippen molar-refractivity contribution in [1.82, 2.24) is 14.9 Å². The summed E-state index contributed by atoms with van der Waals surface area (Å²) in [6.45, 7) is 3.97. The molecule has 10 heteroatoms. The average molecular weight is 530 g/mol. The zero-order chi connectivity index (χ0) is 27.0. The van der Waals surface area contributed by atoms with E-state index in [9.17, 15) is 10.1 Å². The van der Waals surface area contributed by atoms with E-state index in [1.807, 2.05) is 60.9 Å². The molecule has 1 aliphatic rings. The van der Waals surface area contributed by atoms with Crippen LogP contribution in [-0.4, -0.2) is 33.8 Å². The van der Waals surface area contributed by atoms with Crippen molar-refractivity contribution in [3.63, 3.8) is 0 Å². The van der Waals surface area contributed by atoms with Gasteiger partial charge < -0.3 is 24.3 Å². The monoisotopic (exact) mass is 529 g/mol. The van der Waals surface area contributed by atoms with Crippen molar-refractivity contribution in [3.05, 3.63) is 106 Å². The number of ether oxygens (including phenoxy) is 2. The maximum atomic E-state index is 11.6. The average Bonchev–Trinajstić information content (AvgIpc) is 3.43. The maximum absolute atomic E-state index is 11.6. The number of nitro benzene ring substituents is 1. The standard InChI is InChI=1S/C28H27N5O4S/c1-17-14-22(18(2)31(17)24-16-20(33(34)35)11-12-25(24)37-4)27-26(23-10-5-6-13-29-23)30-28(38)32(27)19-8-7-9-21(15-19)36-3/h5-16,26-27H,1-4H3,(H,30,38)/t26-,27-/m0/s1. The van der Waals surface area contributed by atoms with E-state index in [1.165, 1.54) is 12.1 Å². The van der Waals surface area contributed by atoms with Gasteiger partial charge in [0.15, 0.2) is 5.11 Å². The van der Waals surface area contributed by atoms with Crippen LogP contribution in [0, 0.1) is 24.0 Å². The molecule has 4 aromatic rings. The summed E-state index contributed by atoms with van der Waals surface area (Å²) in [5.74, 6) is 1.26. The number of benzene rings is 2. The summed E-state index contributed by atoms with van der Waals surface area (Å²) >= 11 is 5.86. The molecular weight excluding hydrogens is 502 g/mol. The van der Waals surface area contributed by atoms with Crippen LogP contribution < -0.4 is 19.7 Å². The molecule has 0 spiro atoms. The Bertz CT molecular complexity index is 1520. The lowest BCUT2D eigenvalue weighted by atomic mass is 9.96. The Morgan fingerprint density at radius 2 is 1.84 bits per heavy atom. The van der Waals surface area contributed by atoms with Crippen molar-refractivity contribution < 1.29 is 14.4 Å². The number of anilines is 1. The summed E-state index contributed by atoms with van der Waals surface area (Å²) in [6.07, 6.45) is 1.77. The summed E-state index contributed by atoms with van der Waals surface area (Å²) in [4.78, 5) is 17.9. The first-order valence-electron chi connectivity index (χ1n) is 12.0. The van der Waals surface area contributed by atoms with Crippen molar-refractivity contribution in [2.75, 3.05) is 19.1 Å². The molecule has 5 rings (SSSR count). The maximum Gasteiger partial charge on any atom is 0.271 e. The van der Waals surface area contributed by atoms with Crippen LogP contribution in [0.1, 0.15) is 34.7 Å². The van der Waals surface area contributed by atoms with Crippen LogP contribution in [0.5, 0.6) is 11.5 Å². The van der Waals surface area contributed by atoms with E-state index < -0.39 is 4.92 Å². The summed E-state index contributed by atoms with van der Waals surface area (Å²) in [7, 11) is 3.19. The van der Waals surface area contributed by atoms with Gasteiger partial charge in [-0.15, -0.1) is 0 Å². The van der Waals surface area contributed by atoms with Crippen molar-refractivity contribution >= 4 is 28.7 Å². The van der Waals surface area contributed by atoms with Gasteiger partial charge in [0.1, 0.15) is 11.5 Å². The van der Waals surface area contributed by atoms with Gasteiger partial charge in [0.05, 0.1) is 42.6 Å². The number of aryl methyl sites for hydroxylation is 1. The quantitative estimate of drug-likeness (QED) is 0.188. The number of non-ortho nitro benzene ring substituents is 1. The van der Waals surface area contributed by atoms with Crippen LogP contribution in [0.15, 0.2) is 72.9 Å². The third kappa shape index (κ3) is 4.32. The zero-order valence-electron chi connectivity index (χ0n) is 21.4. The van der Waals surface area contributed by atoms with E-state index >= 15 is 0 Å². The molecule has 9 nitrogen and oxygen atoms in total. The van der Waals surface area contributed by atoms with Gasteiger partial charge in [-0.05, 0) is 68.0 Å². The van der Waals surface area contributed by atoms with Crippen LogP contribution in [0.25, 0.3) is 5.69 Å². The molecule has 1 N–H and O–H groups in total. The number of nitro groups is 1. The van der Waals surface area contributed by atoms with Crippen LogP contribution in [0.2, 0.25) is 0 Å². The molecule has 0 aliphatic carbocycles. The SMILES string of the molecule is COc1cccc(N2C(=S)N[C@@H](c3ccccn3)[C@@H]2c2cc(C)n(-c3cc([N+](=O)[O-])ccc3OC)c2C)c1. The van der Waals surface area contributed by atoms with E-state index in [4.69, 9.17) is 21.7 Å². The predicted octanol–water partition coefficient (Wildman–Crippen LogP) is 5.59. The number of aromatic nitrogens is 2. The fourth-order valence-corrected chi connectivity index (χ4v) is 5.48. The molecule has 2 atom stereocenters. The highest BCUT2D eigenvalue weighted by atomic mass is 32.1. The lowest BCUT2D eigenvalue weighted by molar-refractivity contribution is -0.384. The van der Waals surface area contributed by atoms with Crippen LogP contribution in [0.4, 0.5) is 11.4 Å². The molecule has 2 aromatic carbocycles. The number of hydrogen-bond donors (Lipinski definition) is 1. The highest BCUT2D eigenvalue weighted by Gasteiger charge is 2.42. The highest BCUT2D eigenvalue weighted by molar-refractivity contribution is 7.80. The van der Waals surface area contributed by atoms with Crippen molar-refractivity contribution in [2.24, 2.45) is 0 Å². The number of hydrogen-bond acceptors (Lipinski definition) is 6. The number of methoxy groups -OCH3 is 2. The largest absolute Gasteiger partial charge is 0.497 e. The minimum Gasteiger partial charge on any atom is -0.497 e. The lowest BCUT2D eigenvalue weighted by Gasteiger charge is -2.28. The number of nitrogens with one attached hydrogen (secondary N) is 1. The van der Waals surface area contributed by atoms with E-state index in [0.717, 1.165) is 34.1 Å². The summed E-state index contributed by atoms with van der Waals surface area (Å²) in [6, 6.07) is 19.8. The van der Waals surface area contributed by atoms with E-state index in [0.29, 0.717) is 16.5 Å². The zero-order valence-corrected chi connectivity index (χ0v) is 22.2. The van der Waals surface area contributed by atoms with Gasteiger partial charge in [0.25, 0.3) is 5.69 Å². The van der Waals surface area contributed by atoms with Crippen LogP contribution in [0.3, 0.4) is 0 Å². The number of thiocarbonyl (C=S) groups is 1. The Balaban J connectivity index is 1.71. The molecular formula is C28H27N5O4S. The lowest BCUT2D eigenvalue weighted by Crippen LogP contribution is -2.29. The Hall–Kier alpha value is -4.44. The molecule has 0 amide bonds. The van der Waals surface area contributed by atoms with Gasteiger partial charge >= 0.3 is 0 Å². The minimum absolute atomic E-state index is 0.0112. The molecule has 194 valence electrons. The van der Waals surface area contributed by atoms with Crippen LogP contribution in [-0.2, 0) is 0 Å². The second-order valence-electron chi connectivity index (χ2n) is 8.97. The highest BCUT2D eigenvalue weighted by Crippen LogP contribution is 2.45. The molecule has 0 unspecified atom stereocenters. The third-order valence-corrected chi connectivity index (χ3v) is 7.15. The van der Waals surface area contributed by atoms with Gasteiger partial charge in [-0.1, -0.05) is 12.1 Å². The second kappa shape index (κ2) is 10.1. The molecule has 1 aliphatic heterocycles. The first-order chi connectivity index (χ1) is 18.3. The molecule has 2 aromatic heterocycles. The number of rotatable bonds is 7. The third-order valence-electron chi connectivity index (χ3n) is 6.83. The topological polar surface area (TPSA) is 94.7 Å². The molecule has 0 radical (unpaired) electrons. The molecule has 0 saturated carbocycles. The number of pyridine rings is 1. The number of nitrogens with zero attached hydrogens (tertiary/aromatic N) is 4. The Morgan fingerprint density at radius 1 is 1.03 bits per heavy atom. The molecule has 0 bridgehead atoms. The molecule has 38 heavy (non-hydrogen) atoms.